The van der Waals surface area contributed by atoms with Gasteiger partial charge in [-0.15, -0.1) is 0 Å². The number of hydrogen-bond donors (Lipinski definition) is 2. The number of likely N-dealkylation sites (tertiary alicyclic amines) is 1. The van der Waals surface area contributed by atoms with Gasteiger partial charge in [0, 0.05) is 38.8 Å². The molecule has 1 saturated carbocycles. The number of piperidine rings is 1. The molecule has 0 unspecified atom stereocenters. The average molecular weight is 325 g/mol. The molecule has 5 heteroatoms. The minimum Gasteiger partial charge on any atom is -0.338 e. The van der Waals surface area contributed by atoms with Gasteiger partial charge in [-0.25, -0.2) is 4.79 Å². The first kappa shape index (κ1) is 18.5. The Morgan fingerprint density at radius 3 is 2.43 bits per heavy atom. The average Bonchev–Trinajstić information content (AvgIpc) is 3.02. The molecule has 0 bridgehead atoms. The molecule has 0 spiro atoms. The van der Waals surface area contributed by atoms with E-state index in [1.54, 1.807) is 0 Å². The van der Waals surface area contributed by atoms with E-state index < -0.39 is 0 Å². The lowest BCUT2D eigenvalue weighted by molar-refractivity contribution is 0.178. The van der Waals surface area contributed by atoms with Gasteiger partial charge in [-0.1, -0.05) is 19.8 Å². The number of rotatable bonds is 7. The maximum absolute atomic E-state index is 12.2. The predicted octanol–water partition coefficient (Wildman–Crippen LogP) is 2.28. The summed E-state index contributed by atoms with van der Waals surface area (Å²) in [5, 5.41) is 6.33. The largest absolute Gasteiger partial charge is 0.338 e. The normalized spacial score (nSPS) is 22.4. The lowest BCUT2D eigenvalue weighted by atomic mass is 9.83. The van der Waals surface area contributed by atoms with E-state index in [0.29, 0.717) is 11.5 Å². The summed E-state index contributed by atoms with van der Waals surface area (Å²) in [5.41, 5.74) is 0.368. The van der Waals surface area contributed by atoms with Gasteiger partial charge >= 0.3 is 6.03 Å². The van der Waals surface area contributed by atoms with E-state index in [9.17, 15) is 4.79 Å². The molecule has 23 heavy (non-hydrogen) atoms. The Morgan fingerprint density at radius 1 is 1.22 bits per heavy atom. The van der Waals surface area contributed by atoms with E-state index in [1.165, 1.54) is 32.1 Å². The zero-order chi connectivity index (χ0) is 16.7. The van der Waals surface area contributed by atoms with E-state index in [2.05, 4.69) is 41.5 Å². The van der Waals surface area contributed by atoms with E-state index in [-0.39, 0.29) is 6.03 Å². The quantitative estimate of drug-likeness (QED) is 0.755. The van der Waals surface area contributed by atoms with Crippen LogP contribution in [0.4, 0.5) is 4.79 Å². The fourth-order valence-electron chi connectivity index (χ4n) is 3.93. The highest BCUT2D eigenvalue weighted by Crippen LogP contribution is 2.40. The number of nitrogens with one attached hydrogen (secondary N) is 2. The molecule has 0 aromatic heterocycles. The lowest BCUT2D eigenvalue weighted by Crippen LogP contribution is -2.50. The Kier molecular flexibility index (Phi) is 7.15. The Hall–Kier alpha value is -0.810. The molecule has 1 saturated heterocycles. The van der Waals surface area contributed by atoms with Crippen molar-refractivity contribution in [1.29, 1.82) is 0 Å². The second-order valence-electron chi connectivity index (χ2n) is 7.81. The van der Waals surface area contributed by atoms with Crippen molar-refractivity contribution in [3.05, 3.63) is 0 Å². The number of carbonyl (C=O) groups is 1. The van der Waals surface area contributed by atoms with Gasteiger partial charge in [0.25, 0.3) is 0 Å². The molecule has 5 nitrogen and oxygen atoms in total. The summed E-state index contributed by atoms with van der Waals surface area (Å²) in [6.45, 7) is 7.53. The second-order valence-corrected chi connectivity index (χ2v) is 7.81. The number of amides is 2. The smallest absolute Gasteiger partial charge is 0.315 e. The molecule has 2 aliphatic rings. The monoisotopic (exact) mass is 324 g/mol. The molecule has 0 atom stereocenters. The van der Waals surface area contributed by atoms with Crippen molar-refractivity contribution in [2.24, 2.45) is 5.41 Å². The summed E-state index contributed by atoms with van der Waals surface area (Å²) in [5.74, 6) is 0. The zero-order valence-electron chi connectivity index (χ0n) is 15.4. The van der Waals surface area contributed by atoms with Crippen molar-refractivity contribution in [3.8, 4) is 0 Å². The molecule has 2 rings (SSSR count). The van der Waals surface area contributed by atoms with Crippen molar-refractivity contribution in [3.63, 3.8) is 0 Å². The number of nitrogens with zero attached hydrogens (tertiary/aromatic N) is 2. The maximum atomic E-state index is 12.2. The molecule has 2 fully saturated rings. The number of carbonyl (C=O) groups excluding carboxylic acids is 1. The summed E-state index contributed by atoms with van der Waals surface area (Å²) >= 11 is 0. The second kappa shape index (κ2) is 8.88. The van der Waals surface area contributed by atoms with Gasteiger partial charge in [0.15, 0.2) is 0 Å². The Labute approximate surface area is 142 Å². The lowest BCUT2D eigenvalue weighted by Gasteiger charge is -2.33. The van der Waals surface area contributed by atoms with E-state index >= 15 is 0 Å². The maximum Gasteiger partial charge on any atom is 0.315 e. The van der Waals surface area contributed by atoms with E-state index in [0.717, 1.165) is 45.6 Å². The fraction of sp³-hybridized carbons (Fsp3) is 0.944. The summed E-state index contributed by atoms with van der Waals surface area (Å²) in [4.78, 5) is 16.9. The SMILES string of the molecule is CCC1(CNC(=O)NC2CCN(CCN(C)C)CC2)CCCC1. The molecular weight excluding hydrogens is 288 g/mol. The van der Waals surface area contributed by atoms with Crippen LogP contribution in [0.2, 0.25) is 0 Å². The van der Waals surface area contributed by atoms with Crippen LogP contribution in [0.5, 0.6) is 0 Å². The molecule has 0 aromatic carbocycles. The van der Waals surface area contributed by atoms with Crippen molar-refractivity contribution in [2.75, 3.05) is 46.8 Å². The summed E-state index contributed by atoms with van der Waals surface area (Å²) in [6, 6.07) is 0.378. The summed E-state index contributed by atoms with van der Waals surface area (Å²) in [7, 11) is 4.23. The van der Waals surface area contributed by atoms with E-state index in [4.69, 9.17) is 0 Å². The minimum atomic E-state index is 0.0384. The molecule has 1 aliphatic carbocycles. The highest BCUT2D eigenvalue weighted by atomic mass is 16.2. The van der Waals surface area contributed by atoms with Crippen molar-refractivity contribution >= 4 is 6.03 Å². The van der Waals surface area contributed by atoms with Crippen molar-refractivity contribution < 1.29 is 4.79 Å². The van der Waals surface area contributed by atoms with Crippen LogP contribution in [0.15, 0.2) is 0 Å². The van der Waals surface area contributed by atoms with Gasteiger partial charge in [0.05, 0.1) is 0 Å². The van der Waals surface area contributed by atoms with Crippen LogP contribution in [0.25, 0.3) is 0 Å². The van der Waals surface area contributed by atoms with Gasteiger partial charge < -0.3 is 20.4 Å². The Morgan fingerprint density at radius 2 is 1.87 bits per heavy atom. The highest BCUT2D eigenvalue weighted by Gasteiger charge is 2.32. The van der Waals surface area contributed by atoms with Crippen LogP contribution >= 0.6 is 0 Å². The predicted molar refractivity (Wildman–Crippen MR) is 95.7 cm³/mol. The van der Waals surface area contributed by atoms with Crippen LogP contribution in [-0.4, -0.2) is 68.7 Å². The first-order valence-electron chi connectivity index (χ1n) is 9.44. The van der Waals surface area contributed by atoms with Gasteiger partial charge in [-0.3, -0.25) is 0 Å². The van der Waals surface area contributed by atoms with Crippen LogP contribution in [0, 0.1) is 5.41 Å². The molecule has 134 valence electrons. The van der Waals surface area contributed by atoms with Crippen LogP contribution in [-0.2, 0) is 0 Å². The highest BCUT2D eigenvalue weighted by molar-refractivity contribution is 5.74. The third-order valence-electron chi connectivity index (χ3n) is 5.82. The molecule has 0 aromatic rings. The minimum absolute atomic E-state index is 0.0384. The Bertz CT molecular complexity index is 358. The molecule has 1 aliphatic heterocycles. The molecule has 2 N–H and O–H groups in total. The van der Waals surface area contributed by atoms with Crippen LogP contribution < -0.4 is 10.6 Å². The van der Waals surface area contributed by atoms with Crippen molar-refractivity contribution in [1.82, 2.24) is 20.4 Å². The Balaban J connectivity index is 1.63. The molecule has 2 amide bonds. The zero-order valence-corrected chi connectivity index (χ0v) is 15.4. The van der Waals surface area contributed by atoms with Gasteiger partial charge in [-0.05, 0) is 51.6 Å². The molecule has 1 heterocycles. The third kappa shape index (κ3) is 5.96. The first-order valence-corrected chi connectivity index (χ1v) is 9.44. The third-order valence-corrected chi connectivity index (χ3v) is 5.82. The summed E-state index contributed by atoms with van der Waals surface area (Å²) in [6.07, 6.45) is 8.50. The first-order chi connectivity index (χ1) is 11.0. The molecular formula is C18H36N4O. The van der Waals surface area contributed by atoms with E-state index in [1.807, 2.05) is 0 Å². The van der Waals surface area contributed by atoms with Crippen LogP contribution in [0.3, 0.4) is 0 Å². The van der Waals surface area contributed by atoms with Gasteiger partial charge in [0.2, 0.25) is 0 Å². The standard InChI is InChI=1S/C18H36N4O/c1-4-18(9-5-6-10-18)15-19-17(23)20-16-7-11-22(12-8-16)14-13-21(2)3/h16H,4-15H2,1-3H3,(H2,19,20,23). The topological polar surface area (TPSA) is 47.6 Å². The molecule has 0 radical (unpaired) electrons. The fourth-order valence-corrected chi connectivity index (χ4v) is 3.93. The summed E-state index contributed by atoms with van der Waals surface area (Å²) < 4.78 is 0. The van der Waals surface area contributed by atoms with Gasteiger partial charge in [-0.2, -0.15) is 0 Å². The van der Waals surface area contributed by atoms with Crippen molar-refractivity contribution in [2.45, 2.75) is 57.9 Å². The van der Waals surface area contributed by atoms with Crippen LogP contribution in [0.1, 0.15) is 51.9 Å². The van der Waals surface area contributed by atoms with Gasteiger partial charge in [0.1, 0.15) is 0 Å². The number of hydrogen-bond acceptors (Lipinski definition) is 3. The number of likely N-dealkylation sites (N-methyl/N-ethyl adjacent to an activating group) is 1. The number of urea groups is 1.